The summed E-state index contributed by atoms with van der Waals surface area (Å²) in [5, 5.41) is 14.6. The molecule has 5 heteroatoms. The molecule has 0 unspecified atom stereocenters. The smallest absolute Gasteiger partial charge is 0.234 e. The van der Waals surface area contributed by atoms with Crippen LogP contribution in [0, 0.1) is 5.41 Å². The Labute approximate surface area is 97.6 Å². The van der Waals surface area contributed by atoms with Gasteiger partial charge >= 0.3 is 0 Å². The van der Waals surface area contributed by atoms with Crippen molar-refractivity contribution < 1.29 is 14.6 Å². The molecule has 0 aromatic heterocycles. The lowest BCUT2D eigenvalue weighted by Gasteiger charge is -2.23. The zero-order valence-electron chi connectivity index (χ0n) is 10.5. The summed E-state index contributed by atoms with van der Waals surface area (Å²) in [4.78, 5) is 11.3. The minimum atomic E-state index is -0.0307. The van der Waals surface area contributed by atoms with Crippen LogP contribution in [-0.2, 0) is 9.53 Å². The van der Waals surface area contributed by atoms with Crippen LogP contribution in [0.3, 0.4) is 0 Å². The fourth-order valence-corrected chi connectivity index (χ4v) is 1.26. The average molecular weight is 232 g/mol. The van der Waals surface area contributed by atoms with Crippen molar-refractivity contribution in [1.82, 2.24) is 10.6 Å². The minimum absolute atomic E-state index is 0.0154. The highest BCUT2D eigenvalue weighted by atomic mass is 16.5. The minimum Gasteiger partial charge on any atom is -0.396 e. The van der Waals surface area contributed by atoms with Gasteiger partial charge in [0.2, 0.25) is 5.91 Å². The molecule has 0 saturated carbocycles. The quantitative estimate of drug-likeness (QED) is 0.479. The van der Waals surface area contributed by atoms with Crippen LogP contribution >= 0.6 is 0 Å². The molecule has 5 nitrogen and oxygen atoms in total. The molecule has 0 heterocycles. The maximum absolute atomic E-state index is 11.3. The van der Waals surface area contributed by atoms with Crippen molar-refractivity contribution >= 4 is 5.91 Å². The number of rotatable bonds is 9. The van der Waals surface area contributed by atoms with E-state index in [1.807, 2.05) is 0 Å². The molecule has 0 spiro atoms. The van der Waals surface area contributed by atoms with Crippen molar-refractivity contribution in [2.75, 3.05) is 40.0 Å². The third-order valence-electron chi connectivity index (χ3n) is 2.31. The summed E-state index contributed by atoms with van der Waals surface area (Å²) in [5.41, 5.74) is 0.0154. The van der Waals surface area contributed by atoms with E-state index in [0.29, 0.717) is 26.2 Å². The summed E-state index contributed by atoms with van der Waals surface area (Å²) in [6.45, 7) is 6.37. The molecular weight excluding hydrogens is 208 g/mol. The number of nitrogens with one attached hydrogen (secondary N) is 2. The first-order chi connectivity index (χ1) is 7.52. The van der Waals surface area contributed by atoms with Crippen molar-refractivity contribution in [3.63, 3.8) is 0 Å². The lowest BCUT2D eigenvalue weighted by Crippen LogP contribution is -2.39. The van der Waals surface area contributed by atoms with Gasteiger partial charge in [-0.3, -0.25) is 4.79 Å². The van der Waals surface area contributed by atoms with Crippen LogP contribution in [0.15, 0.2) is 0 Å². The highest BCUT2D eigenvalue weighted by Crippen LogP contribution is 2.17. The molecule has 0 aliphatic carbocycles. The molecule has 0 saturated heterocycles. The van der Waals surface area contributed by atoms with Crippen LogP contribution in [0.5, 0.6) is 0 Å². The van der Waals surface area contributed by atoms with Crippen molar-refractivity contribution in [2.24, 2.45) is 5.41 Å². The summed E-state index contributed by atoms with van der Waals surface area (Å²) in [6.07, 6.45) is 0.727. The second-order valence-electron chi connectivity index (χ2n) is 4.58. The SMILES string of the molecule is COCCNC(=O)CNCC(C)(C)CCO. The Kier molecular flexibility index (Phi) is 8.15. The van der Waals surface area contributed by atoms with E-state index < -0.39 is 0 Å². The van der Waals surface area contributed by atoms with E-state index in [1.54, 1.807) is 7.11 Å². The summed E-state index contributed by atoms with van der Waals surface area (Å²) in [5.74, 6) is -0.0307. The van der Waals surface area contributed by atoms with Crippen molar-refractivity contribution in [2.45, 2.75) is 20.3 Å². The van der Waals surface area contributed by atoms with Gasteiger partial charge in [-0.2, -0.15) is 0 Å². The first-order valence-electron chi connectivity index (χ1n) is 5.59. The molecule has 0 aromatic rings. The summed E-state index contributed by atoms with van der Waals surface area (Å²) in [6, 6.07) is 0. The zero-order chi connectivity index (χ0) is 12.4. The van der Waals surface area contributed by atoms with E-state index in [9.17, 15) is 4.79 Å². The maximum atomic E-state index is 11.3. The molecule has 0 aromatic carbocycles. The van der Waals surface area contributed by atoms with Gasteiger partial charge in [-0.25, -0.2) is 0 Å². The molecule has 3 N–H and O–H groups in total. The number of methoxy groups -OCH3 is 1. The molecule has 0 aliphatic heterocycles. The van der Waals surface area contributed by atoms with Gasteiger partial charge in [0.05, 0.1) is 13.2 Å². The fraction of sp³-hybridized carbons (Fsp3) is 0.909. The normalized spacial score (nSPS) is 11.5. The van der Waals surface area contributed by atoms with Crippen LogP contribution < -0.4 is 10.6 Å². The van der Waals surface area contributed by atoms with Gasteiger partial charge in [-0.15, -0.1) is 0 Å². The molecular formula is C11H24N2O3. The van der Waals surface area contributed by atoms with Gasteiger partial charge in [0.1, 0.15) is 0 Å². The van der Waals surface area contributed by atoms with Crippen LogP contribution in [0.25, 0.3) is 0 Å². The van der Waals surface area contributed by atoms with Crippen LogP contribution in [0.4, 0.5) is 0 Å². The molecule has 16 heavy (non-hydrogen) atoms. The topological polar surface area (TPSA) is 70.6 Å². The Bertz CT molecular complexity index is 196. The highest BCUT2D eigenvalue weighted by molar-refractivity contribution is 5.77. The molecule has 1 amide bonds. The third-order valence-corrected chi connectivity index (χ3v) is 2.31. The lowest BCUT2D eigenvalue weighted by molar-refractivity contribution is -0.120. The van der Waals surface area contributed by atoms with Crippen molar-refractivity contribution in [3.05, 3.63) is 0 Å². The molecule has 96 valence electrons. The summed E-state index contributed by atoms with van der Waals surface area (Å²) >= 11 is 0. The summed E-state index contributed by atoms with van der Waals surface area (Å²) in [7, 11) is 1.60. The van der Waals surface area contributed by atoms with Gasteiger partial charge in [0.25, 0.3) is 0 Å². The van der Waals surface area contributed by atoms with E-state index in [-0.39, 0.29) is 17.9 Å². The number of aliphatic hydroxyl groups excluding tert-OH is 1. The van der Waals surface area contributed by atoms with E-state index in [4.69, 9.17) is 9.84 Å². The molecule has 0 rings (SSSR count). The number of ether oxygens (including phenoxy) is 1. The molecule has 0 radical (unpaired) electrons. The first kappa shape index (κ1) is 15.3. The fourth-order valence-electron chi connectivity index (χ4n) is 1.26. The Morgan fingerprint density at radius 2 is 2.12 bits per heavy atom. The highest BCUT2D eigenvalue weighted by Gasteiger charge is 2.16. The van der Waals surface area contributed by atoms with Crippen LogP contribution in [0.1, 0.15) is 20.3 Å². The number of aliphatic hydroxyl groups is 1. The second kappa shape index (κ2) is 8.50. The number of carbonyl (C=O) groups excluding carboxylic acids is 1. The van der Waals surface area contributed by atoms with Gasteiger partial charge in [0, 0.05) is 26.8 Å². The van der Waals surface area contributed by atoms with Crippen LogP contribution in [-0.4, -0.2) is 51.0 Å². The Balaban J connectivity index is 3.53. The summed E-state index contributed by atoms with van der Waals surface area (Å²) < 4.78 is 4.82. The number of amides is 1. The monoisotopic (exact) mass is 232 g/mol. The molecule has 0 aliphatic rings. The van der Waals surface area contributed by atoms with Crippen molar-refractivity contribution in [3.8, 4) is 0 Å². The Morgan fingerprint density at radius 1 is 1.44 bits per heavy atom. The molecule has 0 fully saturated rings. The Hall–Kier alpha value is -0.650. The van der Waals surface area contributed by atoms with Gasteiger partial charge < -0.3 is 20.5 Å². The number of hydrogen-bond acceptors (Lipinski definition) is 4. The second-order valence-corrected chi connectivity index (χ2v) is 4.58. The van der Waals surface area contributed by atoms with E-state index in [2.05, 4.69) is 24.5 Å². The van der Waals surface area contributed by atoms with Gasteiger partial charge in [0.15, 0.2) is 0 Å². The zero-order valence-corrected chi connectivity index (χ0v) is 10.5. The van der Waals surface area contributed by atoms with E-state index in [0.717, 1.165) is 6.42 Å². The van der Waals surface area contributed by atoms with Crippen molar-refractivity contribution in [1.29, 1.82) is 0 Å². The Morgan fingerprint density at radius 3 is 2.69 bits per heavy atom. The van der Waals surface area contributed by atoms with Gasteiger partial charge in [-0.1, -0.05) is 13.8 Å². The van der Waals surface area contributed by atoms with E-state index >= 15 is 0 Å². The first-order valence-corrected chi connectivity index (χ1v) is 5.59. The number of carbonyl (C=O) groups is 1. The maximum Gasteiger partial charge on any atom is 0.234 e. The lowest BCUT2D eigenvalue weighted by atomic mass is 9.90. The number of hydrogen-bond donors (Lipinski definition) is 3. The molecule has 0 bridgehead atoms. The van der Waals surface area contributed by atoms with E-state index in [1.165, 1.54) is 0 Å². The largest absolute Gasteiger partial charge is 0.396 e. The van der Waals surface area contributed by atoms with Gasteiger partial charge in [-0.05, 0) is 11.8 Å². The molecule has 0 atom stereocenters. The van der Waals surface area contributed by atoms with Crippen LogP contribution in [0.2, 0.25) is 0 Å². The average Bonchev–Trinajstić information content (AvgIpc) is 2.17. The third kappa shape index (κ3) is 8.64. The predicted octanol–water partition coefficient (Wildman–Crippen LogP) is -0.253. The standard InChI is InChI=1S/C11H24N2O3/c1-11(2,4-6-14)9-12-8-10(15)13-5-7-16-3/h12,14H,4-9H2,1-3H3,(H,13,15). The predicted molar refractivity (Wildman–Crippen MR) is 63.2 cm³/mol.